The van der Waals surface area contributed by atoms with E-state index in [-0.39, 0.29) is 5.56 Å². The Labute approximate surface area is 102 Å². The van der Waals surface area contributed by atoms with Crippen molar-refractivity contribution in [2.75, 3.05) is 11.5 Å². The van der Waals surface area contributed by atoms with Crippen LogP contribution in [0.3, 0.4) is 0 Å². The van der Waals surface area contributed by atoms with Gasteiger partial charge in [0.25, 0.3) is 0 Å². The minimum Gasteiger partial charge on any atom is -0.478 e. The van der Waals surface area contributed by atoms with Gasteiger partial charge >= 0.3 is 5.97 Å². The maximum absolute atomic E-state index is 10.8. The lowest BCUT2D eigenvalue weighted by atomic mass is 10.1. The van der Waals surface area contributed by atoms with Gasteiger partial charge in [-0.15, -0.1) is 10.2 Å². The van der Waals surface area contributed by atoms with Crippen molar-refractivity contribution in [2.24, 2.45) is 0 Å². The van der Waals surface area contributed by atoms with E-state index in [0.29, 0.717) is 11.6 Å². The number of rotatable bonds is 2. The lowest BCUT2D eigenvalue weighted by Gasteiger charge is -2.05. The summed E-state index contributed by atoms with van der Waals surface area (Å²) in [4.78, 5) is 10.8. The molecule has 1 aliphatic heterocycles. The molecule has 5 nitrogen and oxygen atoms in total. The van der Waals surface area contributed by atoms with Crippen LogP contribution in [-0.2, 0) is 0 Å². The standard InChI is InChI=1S/C11H11N3O2S/c15-11(16)7-1-3-14-9(5-7)12-13-10(14)8-2-4-17-6-8/h1,3,5,8H,2,4,6H2,(H,15,16). The van der Waals surface area contributed by atoms with Crippen LogP contribution in [0.4, 0.5) is 0 Å². The second-order valence-corrected chi connectivity index (χ2v) is 5.22. The number of hydrogen-bond acceptors (Lipinski definition) is 4. The number of thioether (sulfide) groups is 1. The molecule has 17 heavy (non-hydrogen) atoms. The Kier molecular flexibility index (Phi) is 2.51. The molecular weight excluding hydrogens is 238 g/mol. The summed E-state index contributed by atoms with van der Waals surface area (Å²) in [7, 11) is 0. The Balaban J connectivity index is 2.07. The molecule has 2 aromatic heterocycles. The Morgan fingerprint density at radius 1 is 1.53 bits per heavy atom. The fraction of sp³-hybridized carbons (Fsp3) is 0.364. The molecule has 3 heterocycles. The van der Waals surface area contributed by atoms with Crippen molar-refractivity contribution in [1.29, 1.82) is 0 Å². The molecule has 1 saturated heterocycles. The lowest BCUT2D eigenvalue weighted by molar-refractivity contribution is 0.0697. The van der Waals surface area contributed by atoms with Crippen LogP contribution in [0.5, 0.6) is 0 Å². The summed E-state index contributed by atoms with van der Waals surface area (Å²) in [5, 5.41) is 17.1. The minimum atomic E-state index is -0.937. The Hall–Kier alpha value is -1.56. The van der Waals surface area contributed by atoms with Gasteiger partial charge in [-0.3, -0.25) is 4.40 Å². The molecule has 0 aliphatic carbocycles. The molecule has 0 saturated carbocycles. The van der Waals surface area contributed by atoms with E-state index in [0.717, 1.165) is 23.8 Å². The minimum absolute atomic E-state index is 0.247. The lowest BCUT2D eigenvalue weighted by Crippen LogP contribution is -2.04. The highest BCUT2D eigenvalue weighted by Crippen LogP contribution is 2.31. The number of carbonyl (C=O) groups is 1. The van der Waals surface area contributed by atoms with E-state index in [1.54, 1.807) is 18.3 Å². The zero-order valence-electron chi connectivity index (χ0n) is 9.04. The molecule has 3 rings (SSSR count). The largest absolute Gasteiger partial charge is 0.478 e. The number of nitrogens with zero attached hydrogens (tertiary/aromatic N) is 3. The normalized spacial score (nSPS) is 19.9. The van der Waals surface area contributed by atoms with Gasteiger partial charge in [-0.25, -0.2) is 4.79 Å². The molecule has 0 aromatic carbocycles. The molecule has 1 N–H and O–H groups in total. The third kappa shape index (κ3) is 1.78. The Morgan fingerprint density at radius 2 is 2.41 bits per heavy atom. The number of pyridine rings is 1. The van der Waals surface area contributed by atoms with Crippen molar-refractivity contribution in [3.63, 3.8) is 0 Å². The van der Waals surface area contributed by atoms with Crippen LogP contribution in [0, 0.1) is 0 Å². The van der Waals surface area contributed by atoms with Gasteiger partial charge in [0.1, 0.15) is 5.82 Å². The van der Waals surface area contributed by atoms with Crippen LogP contribution in [-0.4, -0.2) is 37.2 Å². The van der Waals surface area contributed by atoms with E-state index >= 15 is 0 Å². The fourth-order valence-corrected chi connectivity index (χ4v) is 3.28. The number of carboxylic acid groups (broad SMARTS) is 1. The summed E-state index contributed by atoms with van der Waals surface area (Å²) in [6.07, 6.45) is 2.86. The molecule has 2 aromatic rings. The van der Waals surface area contributed by atoms with E-state index in [1.807, 2.05) is 16.2 Å². The van der Waals surface area contributed by atoms with Crippen LogP contribution in [0.1, 0.15) is 28.5 Å². The number of fused-ring (bicyclic) bond motifs is 1. The van der Waals surface area contributed by atoms with Gasteiger partial charge in [-0.05, 0) is 24.3 Å². The number of carboxylic acids is 1. The number of aromatic carboxylic acids is 1. The van der Waals surface area contributed by atoms with Crippen LogP contribution >= 0.6 is 11.8 Å². The van der Waals surface area contributed by atoms with Gasteiger partial charge in [0.15, 0.2) is 5.65 Å². The quantitative estimate of drug-likeness (QED) is 0.876. The van der Waals surface area contributed by atoms with E-state index < -0.39 is 5.97 Å². The highest BCUT2D eigenvalue weighted by atomic mass is 32.2. The van der Waals surface area contributed by atoms with Crippen molar-refractivity contribution in [3.8, 4) is 0 Å². The van der Waals surface area contributed by atoms with Gasteiger partial charge in [-0.1, -0.05) is 0 Å². The van der Waals surface area contributed by atoms with Crippen LogP contribution in [0.25, 0.3) is 5.65 Å². The molecule has 0 amide bonds. The van der Waals surface area contributed by atoms with Crippen LogP contribution < -0.4 is 0 Å². The first-order chi connectivity index (χ1) is 8.25. The third-order valence-corrected chi connectivity index (χ3v) is 4.14. The SMILES string of the molecule is O=C(O)c1ccn2c(C3CCSC3)nnc2c1. The third-order valence-electron chi connectivity index (χ3n) is 2.98. The van der Waals surface area contributed by atoms with Crippen molar-refractivity contribution >= 4 is 23.4 Å². The molecule has 0 spiro atoms. The Bertz CT molecular complexity index is 575. The zero-order valence-corrected chi connectivity index (χ0v) is 9.85. The van der Waals surface area contributed by atoms with E-state index in [9.17, 15) is 4.79 Å². The zero-order chi connectivity index (χ0) is 11.8. The summed E-state index contributed by atoms with van der Waals surface area (Å²) in [5.74, 6) is 2.68. The van der Waals surface area contributed by atoms with Gasteiger partial charge in [0, 0.05) is 17.9 Å². The summed E-state index contributed by atoms with van der Waals surface area (Å²) >= 11 is 1.92. The summed E-state index contributed by atoms with van der Waals surface area (Å²) in [6.45, 7) is 0. The number of aromatic nitrogens is 3. The first kappa shape index (κ1) is 10.6. The molecule has 1 aliphatic rings. The molecular formula is C11H11N3O2S. The van der Waals surface area contributed by atoms with E-state index in [4.69, 9.17) is 5.11 Å². The van der Waals surface area contributed by atoms with Gasteiger partial charge in [-0.2, -0.15) is 11.8 Å². The van der Waals surface area contributed by atoms with Crippen molar-refractivity contribution < 1.29 is 9.90 Å². The maximum Gasteiger partial charge on any atom is 0.335 e. The van der Waals surface area contributed by atoms with Gasteiger partial charge < -0.3 is 5.11 Å². The van der Waals surface area contributed by atoms with Crippen molar-refractivity contribution in [2.45, 2.75) is 12.3 Å². The molecule has 0 radical (unpaired) electrons. The van der Waals surface area contributed by atoms with Crippen molar-refractivity contribution in [1.82, 2.24) is 14.6 Å². The van der Waals surface area contributed by atoms with Crippen LogP contribution in [0.2, 0.25) is 0 Å². The summed E-state index contributed by atoms with van der Waals surface area (Å²) < 4.78 is 1.89. The smallest absolute Gasteiger partial charge is 0.335 e. The fourth-order valence-electron chi connectivity index (χ4n) is 2.06. The monoisotopic (exact) mass is 249 g/mol. The summed E-state index contributed by atoms with van der Waals surface area (Å²) in [6, 6.07) is 3.14. The Morgan fingerprint density at radius 3 is 3.12 bits per heavy atom. The first-order valence-corrected chi connectivity index (χ1v) is 6.57. The maximum atomic E-state index is 10.8. The van der Waals surface area contributed by atoms with E-state index in [2.05, 4.69) is 10.2 Å². The predicted molar refractivity (Wildman–Crippen MR) is 64.6 cm³/mol. The first-order valence-electron chi connectivity index (χ1n) is 5.41. The highest BCUT2D eigenvalue weighted by Gasteiger charge is 2.22. The average Bonchev–Trinajstić information content (AvgIpc) is 2.96. The predicted octanol–water partition coefficient (Wildman–Crippen LogP) is 1.65. The molecule has 88 valence electrons. The molecule has 0 bridgehead atoms. The number of hydrogen-bond donors (Lipinski definition) is 1. The van der Waals surface area contributed by atoms with E-state index in [1.165, 1.54) is 0 Å². The second-order valence-electron chi connectivity index (χ2n) is 4.07. The second kappa shape index (κ2) is 4.03. The highest BCUT2D eigenvalue weighted by molar-refractivity contribution is 7.99. The molecule has 1 atom stereocenters. The average molecular weight is 249 g/mol. The molecule has 1 unspecified atom stereocenters. The topological polar surface area (TPSA) is 67.5 Å². The summed E-state index contributed by atoms with van der Waals surface area (Å²) in [5.41, 5.74) is 0.856. The molecule has 1 fully saturated rings. The van der Waals surface area contributed by atoms with Crippen molar-refractivity contribution in [3.05, 3.63) is 29.7 Å². The van der Waals surface area contributed by atoms with Crippen LogP contribution in [0.15, 0.2) is 18.3 Å². The van der Waals surface area contributed by atoms with Gasteiger partial charge in [0.2, 0.25) is 0 Å². The molecule has 6 heteroatoms. The van der Waals surface area contributed by atoms with Gasteiger partial charge in [0.05, 0.1) is 5.56 Å².